The van der Waals surface area contributed by atoms with Gasteiger partial charge < -0.3 is 15.4 Å². The normalized spacial score (nSPS) is 17.0. The lowest BCUT2D eigenvalue weighted by molar-refractivity contribution is 0.212. The fraction of sp³-hybridized carbons (Fsp3) is 0.438. The van der Waals surface area contributed by atoms with E-state index in [0.717, 1.165) is 42.8 Å². The fourth-order valence-electron chi connectivity index (χ4n) is 2.85. The number of ether oxygens (including phenoxy) is 1. The maximum atomic E-state index is 5.92. The molecule has 0 radical (unpaired) electrons. The molecule has 1 saturated heterocycles. The molecular weight excluding hydrogens is 264 g/mol. The summed E-state index contributed by atoms with van der Waals surface area (Å²) < 4.78 is 7.37. The SMILES string of the molecule is COc1cc(N)cc(-c2cnn(C3CCN(C)CC3)c2)c1. The summed E-state index contributed by atoms with van der Waals surface area (Å²) in [7, 11) is 3.82. The number of nitrogens with two attached hydrogens (primary N) is 1. The van der Waals surface area contributed by atoms with E-state index in [4.69, 9.17) is 10.5 Å². The van der Waals surface area contributed by atoms with Crippen LogP contribution in [0, 0.1) is 0 Å². The Morgan fingerprint density at radius 2 is 1.95 bits per heavy atom. The van der Waals surface area contributed by atoms with Crippen molar-refractivity contribution in [1.82, 2.24) is 14.7 Å². The highest BCUT2D eigenvalue weighted by molar-refractivity contribution is 5.68. The van der Waals surface area contributed by atoms with Gasteiger partial charge in [-0.2, -0.15) is 5.10 Å². The Morgan fingerprint density at radius 3 is 2.67 bits per heavy atom. The van der Waals surface area contributed by atoms with Gasteiger partial charge >= 0.3 is 0 Å². The minimum Gasteiger partial charge on any atom is -0.497 e. The van der Waals surface area contributed by atoms with Gasteiger partial charge in [-0.15, -0.1) is 0 Å². The van der Waals surface area contributed by atoms with E-state index in [0.29, 0.717) is 11.7 Å². The van der Waals surface area contributed by atoms with Gasteiger partial charge in [-0.1, -0.05) is 0 Å². The molecule has 2 aromatic rings. The molecule has 0 saturated carbocycles. The maximum Gasteiger partial charge on any atom is 0.121 e. The standard InChI is InChI=1S/C16H22N4O/c1-19-5-3-15(4-6-19)20-11-13(10-18-20)12-7-14(17)9-16(8-12)21-2/h7-11,15H,3-6,17H2,1-2H3. The zero-order valence-corrected chi connectivity index (χ0v) is 12.6. The number of aromatic nitrogens is 2. The van der Waals surface area contributed by atoms with Crippen LogP contribution in [-0.2, 0) is 0 Å². The highest BCUT2D eigenvalue weighted by Crippen LogP contribution is 2.29. The van der Waals surface area contributed by atoms with Crippen LogP contribution in [0.15, 0.2) is 30.6 Å². The average Bonchev–Trinajstić information content (AvgIpc) is 2.97. The van der Waals surface area contributed by atoms with Crippen molar-refractivity contribution in [2.75, 3.05) is 33.0 Å². The lowest BCUT2D eigenvalue weighted by Gasteiger charge is -2.28. The Balaban J connectivity index is 1.83. The molecule has 1 fully saturated rings. The summed E-state index contributed by atoms with van der Waals surface area (Å²) in [5, 5.41) is 4.54. The molecule has 21 heavy (non-hydrogen) atoms. The Morgan fingerprint density at radius 1 is 1.19 bits per heavy atom. The van der Waals surface area contributed by atoms with Crippen LogP contribution >= 0.6 is 0 Å². The number of anilines is 1. The van der Waals surface area contributed by atoms with Crippen LogP contribution in [0.1, 0.15) is 18.9 Å². The van der Waals surface area contributed by atoms with Gasteiger partial charge in [0.1, 0.15) is 5.75 Å². The molecule has 0 spiro atoms. The molecule has 0 amide bonds. The molecule has 2 heterocycles. The van der Waals surface area contributed by atoms with Crippen LogP contribution in [0.4, 0.5) is 5.69 Å². The largest absolute Gasteiger partial charge is 0.497 e. The Hall–Kier alpha value is -2.01. The molecule has 0 bridgehead atoms. The maximum absolute atomic E-state index is 5.92. The predicted octanol–water partition coefficient (Wildman–Crippen LogP) is 2.41. The van der Waals surface area contributed by atoms with Gasteiger partial charge in [-0.25, -0.2) is 0 Å². The minimum atomic E-state index is 0.498. The smallest absolute Gasteiger partial charge is 0.121 e. The molecule has 1 aliphatic rings. The molecule has 5 heteroatoms. The van der Waals surface area contributed by atoms with Crippen LogP contribution in [0.2, 0.25) is 0 Å². The zero-order chi connectivity index (χ0) is 14.8. The first-order chi connectivity index (χ1) is 10.2. The highest BCUT2D eigenvalue weighted by Gasteiger charge is 2.19. The molecule has 0 atom stereocenters. The quantitative estimate of drug-likeness (QED) is 0.880. The Bertz CT molecular complexity index is 614. The van der Waals surface area contributed by atoms with E-state index in [1.807, 2.05) is 24.4 Å². The molecule has 0 aliphatic carbocycles. The van der Waals surface area contributed by atoms with Crippen molar-refractivity contribution in [2.45, 2.75) is 18.9 Å². The van der Waals surface area contributed by atoms with Crippen LogP contribution in [0.5, 0.6) is 5.75 Å². The molecular formula is C16H22N4O. The van der Waals surface area contributed by atoms with Gasteiger partial charge in [-0.05, 0) is 50.7 Å². The van der Waals surface area contributed by atoms with E-state index < -0.39 is 0 Å². The second kappa shape index (κ2) is 5.77. The summed E-state index contributed by atoms with van der Waals surface area (Å²) in [6.07, 6.45) is 6.33. The summed E-state index contributed by atoms with van der Waals surface area (Å²) >= 11 is 0. The summed E-state index contributed by atoms with van der Waals surface area (Å²) in [5.74, 6) is 0.775. The molecule has 112 valence electrons. The fourth-order valence-corrected chi connectivity index (χ4v) is 2.85. The lowest BCUT2D eigenvalue weighted by Crippen LogP contribution is -2.31. The third-order valence-corrected chi connectivity index (χ3v) is 4.16. The first kappa shape index (κ1) is 13.9. The van der Waals surface area contributed by atoms with E-state index in [1.54, 1.807) is 7.11 Å². The second-order valence-corrected chi connectivity index (χ2v) is 5.74. The third-order valence-electron chi connectivity index (χ3n) is 4.16. The number of hydrogen-bond acceptors (Lipinski definition) is 4. The Labute approximate surface area is 125 Å². The van der Waals surface area contributed by atoms with Crippen LogP contribution in [-0.4, -0.2) is 41.9 Å². The molecule has 5 nitrogen and oxygen atoms in total. The first-order valence-corrected chi connectivity index (χ1v) is 7.33. The topological polar surface area (TPSA) is 56.3 Å². The number of nitrogen functional groups attached to an aromatic ring is 1. The molecule has 0 unspecified atom stereocenters. The number of rotatable bonds is 3. The number of likely N-dealkylation sites (tertiary alicyclic amines) is 1. The molecule has 2 N–H and O–H groups in total. The van der Waals surface area contributed by atoms with Crippen molar-refractivity contribution in [3.8, 4) is 16.9 Å². The molecule has 1 aromatic heterocycles. The van der Waals surface area contributed by atoms with E-state index in [-0.39, 0.29) is 0 Å². The van der Waals surface area contributed by atoms with Gasteiger partial charge in [0, 0.05) is 23.5 Å². The van der Waals surface area contributed by atoms with Crippen molar-refractivity contribution < 1.29 is 4.74 Å². The monoisotopic (exact) mass is 286 g/mol. The summed E-state index contributed by atoms with van der Waals surface area (Å²) in [5.41, 5.74) is 8.76. The summed E-state index contributed by atoms with van der Waals surface area (Å²) in [6, 6.07) is 6.27. The van der Waals surface area contributed by atoms with Gasteiger partial charge in [0.15, 0.2) is 0 Å². The third kappa shape index (κ3) is 3.03. The number of benzene rings is 1. The van der Waals surface area contributed by atoms with Crippen LogP contribution < -0.4 is 10.5 Å². The van der Waals surface area contributed by atoms with E-state index >= 15 is 0 Å². The zero-order valence-electron chi connectivity index (χ0n) is 12.6. The molecule has 1 aromatic carbocycles. The second-order valence-electron chi connectivity index (χ2n) is 5.74. The molecule has 3 rings (SSSR count). The molecule has 1 aliphatic heterocycles. The van der Waals surface area contributed by atoms with E-state index in [1.165, 1.54) is 0 Å². The number of methoxy groups -OCH3 is 1. The Kier molecular flexibility index (Phi) is 3.84. The first-order valence-electron chi connectivity index (χ1n) is 7.33. The summed E-state index contributed by atoms with van der Waals surface area (Å²) in [4.78, 5) is 2.36. The predicted molar refractivity (Wildman–Crippen MR) is 84.4 cm³/mol. The number of hydrogen-bond donors (Lipinski definition) is 1. The highest BCUT2D eigenvalue weighted by atomic mass is 16.5. The van der Waals surface area contributed by atoms with Crippen molar-refractivity contribution in [2.24, 2.45) is 0 Å². The lowest BCUT2D eigenvalue weighted by atomic mass is 10.1. The van der Waals surface area contributed by atoms with Crippen LogP contribution in [0.25, 0.3) is 11.1 Å². The van der Waals surface area contributed by atoms with Crippen molar-refractivity contribution in [3.63, 3.8) is 0 Å². The number of nitrogens with zero attached hydrogens (tertiary/aromatic N) is 3. The van der Waals surface area contributed by atoms with Gasteiger partial charge in [0.2, 0.25) is 0 Å². The van der Waals surface area contributed by atoms with Gasteiger partial charge in [0.05, 0.1) is 19.3 Å². The van der Waals surface area contributed by atoms with Gasteiger partial charge in [0.25, 0.3) is 0 Å². The van der Waals surface area contributed by atoms with Crippen molar-refractivity contribution in [1.29, 1.82) is 0 Å². The average molecular weight is 286 g/mol. The van der Waals surface area contributed by atoms with E-state index in [9.17, 15) is 0 Å². The van der Waals surface area contributed by atoms with Crippen molar-refractivity contribution >= 4 is 5.69 Å². The van der Waals surface area contributed by atoms with Crippen LogP contribution in [0.3, 0.4) is 0 Å². The minimum absolute atomic E-state index is 0.498. The summed E-state index contributed by atoms with van der Waals surface area (Å²) in [6.45, 7) is 2.26. The number of piperidine rings is 1. The van der Waals surface area contributed by atoms with Gasteiger partial charge in [-0.3, -0.25) is 4.68 Å². The van der Waals surface area contributed by atoms with Crippen molar-refractivity contribution in [3.05, 3.63) is 30.6 Å². The van der Waals surface area contributed by atoms with E-state index in [2.05, 4.69) is 27.9 Å².